The Bertz CT molecular complexity index is 764. The number of carbonyl (C=O) groups is 3. The molecule has 0 saturated heterocycles. The molecular weight excluding hydrogens is 320 g/mol. The van der Waals surface area contributed by atoms with Gasteiger partial charge in [-0.15, -0.1) is 0 Å². The van der Waals surface area contributed by atoms with Crippen LogP contribution >= 0.6 is 0 Å². The van der Waals surface area contributed by atoms with E-state index < -0.39 is 17.4 Å². The lowest BCUT2D eigenvalue weighted by Crippen LogP contribution is -2.40. The van der Waals surface area contributed by atoms with Crippen molar-refractivity contribution >= 4 is 17.7 Å². The molecular formula is C20H20O5. The highest BCUT2D eigenvalue weighted by molar-refractivity contribution is 6.10. The van der Waals surface area contributed by atoms with Crippen molar-refractivity contribution in [3.63, 3.8) is 0 Å². The van der Waals surface area contributed by atoms with Gasteiger partial charge in [0.25, 0.3) is 0 Å². The van der Waals surface area contributed by atoms with E-state index >= 15 is 0 Å². The monoisotopic (exact) mass is 340 g/mol. The second-order valence-electron chi connectivity index (χ2n) is 5.84. The van der Waals surface area contributed by atoms with Crippen molar-refractivity contribution in [1.82, 2.24) is 0 Å². The summed E-state index contributed by atoms with van der Waals surface area (Å²) in [5.41, 5.74) is 0.0199. The number of ether oxygens (including phenoxy) is 2. The third-order valence-electron chi connectivity index (χ3n) is 4.11. The smallest absolute Gasteiger partial charge is 0.323 e. The normalized spacial score (nSPS) is 10.8. The summed E-state index contributed by atoms with van der Waals surface area (Å²) in [5, 5.41) is 0. The van der Waals surface area contributed by atoms with Gasteiger partial charge in [-0.05, 0) is 18.9 Å². The van der Waals surface area contributed by atoms with Crippen molar-refractivity contribution in [2.24, 2.45) is 5.41 Å². The number of hydrogen-bond donors (Lipinski definition) is 0. The predicted molar refractivity (Wildman–Crippen MR) is 92.2 cm³/mol. The number of ketones is 1. The minimum absolute atomic E-state index is 0.00108. The average molecular weight is 340 g/mol. The maximum atomic E-state index is 12.8. The zero-order valence-electron chi connectivity index (χ0n) is 14.4. The fourth-order valence-electron chi connectivity index (χ4n) is 2.70. The van der Waals surface area contributed by atoms with E-state index in [0.717, 1.165) is 0 Å². The summed E-state index contributed by atoms with van der Waals surface area (Å²) in [6.07, 6.45) is 0.00108. The molecule has 130 valence electrons. The summed E-state index contributed by atoms with van der Waals surface area (Å²) in [6, 6.07) is 15.7. The maximum absolute atomic E-state index is 12.8. The summed E-state index contributed by atoms with van der Waals surface area (Å²) in [7, 11) is 2.43. The van der Waals surface area contributed by atoms with Gasteiger partial charge in [-0.1, -0.05) is 54.6 Å². The van der Waals surface area contributed by atoms with Gasteiger partial charge >= 0.3 is 11.9 Å². The van der Waals surface area contributed by atoms with Crippen LogP contribution < -0.4 is 0 Å². The molecule has 0 N–H and O–H groups in total. The van der Waals surface area contributed by atoms with Crippen LogP contribution in [0.2, 0.25) is 0 Å². The first kappa shape index (κ1) is 18.4. The lowest BCUT2D eigenvalue weighted by molar-refractivity contribution is -0.167. The van der Waals surface area contributed by atoms with Crippen LogP contribution in [0, 0.1) is 5.41 Å². The Labute approximate surface area is 146 Å². The fourth-order valence-corrected chi connectivity index (χ4v) is 2.70. The van der Waals surface area contributed by atoms with Gasteiger partial charge in [0.15, 0.2) is 11.2 Å². The van der Waals surface area contributed by atoms with Gasteiger partial charge in [0, 0.05) is 11.1 Å². The van der Waals surface area contributed by atoms with Crippen molar-refractivity contribution in [1.29, 1.82) is 0 Å². The fraction of sp³-hybridized carbons (Fsp3) is 0.250. The van der Waals surface area contributed by atoms with Gasteiger partial charge in [-0.3, -0.25) is 14.4 Å². The van der Waals surface area contributed by atoms with Crippen LogP contribution in [0.3, 0.4) is 0 Å². The van der Waals surface area contributed by atoms with Crippen LogP contribution in [0.25, 0.3) is 0 Å². The molecule has 0 unspecified atom stereocenters. The first-order chi connectivity index (χ1) is 11.9. The Kier molecular flexibility index (Phi) is 5.70. The number of benzene rings is 2. The Morgan fingerprint density at radius 2 is 1.36 bits per heavy atom. The molecule has 0 spiro atoms. The van der Waals surface area contributed by atoms with Crippen LogP contribution in [-0.2, 0) is 25.5 Å². The highest BCUT2D eigenvalue weighted by atomic mass is 16.5. The molecule has 0 fully saturated rings. The van der Waals surface area contributed by atoms with E-state index in [4.69, 9.17) is 9.47 Å². The van der Waals surface area contributed by atoms with Crippen molar-refractivity contribution in [3.05, 3.63) is 71.3 Å². The molecule has 0 amide bonds. The minimum Gasteiger partial charge on any atom is -0.468 e. The van der Waals surface area contributed by atoms with Crippen LogP contribution in [0.5, 0.6) is 0 Å². The van der Waals surface area contributed by atoms with Crippen LogP contribution in [-0.4, -0.2) is 31.9 Å². The van der Waals surface area contributed by atoms with E-state index in [1.165, 1.54) is 21.1 Å². The molecule has 5 heteroatoms. The second kappa shape index (κ2) is 7.75. The zero-order chi connectivity index (χ0) is 18.4. The van der Waals surface area contributed by atoms with Gasteiger partial charge in [0.2, 0.25) is 0 Å². The molecule has 0 aliphatic carbocycles. The van der Waals surface area contributed by atoms with Gasteiger partial charge in [-0.25, -0.2) is 0 Å². The van der Waals surface area contributed by atoms with Gasteiger partial charge in [0.05, 0.1) is 14.2 Å². The summed E-state index contributed by atoms with van der Waals surface area (Å²) in [6.45, 7) is 1.45. The van der Waals surface area contributed by atoms with E-state index in [0.29, 0.717) is 16.7 Å². The molecule has 0 heterocycles. The van der Waals surface area contributed by atoms with Crippen molar-refractivity contribution in [2.45, 2.75) is 13.3 Å². The summed E-state index contributed by atoms with van der Waals surface area (Å²) < 4.78 is 9.54. The summed E-state index contributed by atoms with van der Waals surface area (Å²) in [4.78, 5) is 37.2. The Morgan fingerprint density at radius 3 is 1.92 bits per heavy atom. The Hall–Kier alpha value is -2.95. The molecule has 2 rings (SSSR count). The average Bonchev–Trinajstić information content (AvgIpc) is 2.67. The Morgan fingerprint density at radius 1 is 0.840 bits per heavy atom. The number of carbonyl (C=O) groups excluding carboxylic acids is 3. The lowest BCUT2D eigenvalue weighted by Gasteiger charge is -2.24. The van der Waals surface area contributed by atoms with E-state index in [2.05, 4.69) is 0 Å². The van der Waals surface area contributed by atoms with Gasteiger partial charge in [-0.2, -0.15) is 0 Å². The zero-order valence-corrected chi connectivity index (χ0v) is 14.4. The molecule has 0 aromatic heterocycles. The molecule has 0 aliphatic heterocycles. The Balaban J connectivity index is 2.45. The molecule has 0 saturated carbocycles. The molecule has 25 heavy (non-hydrogen) atoms. The topological polar surface area (TPSA) is 69.7 Å². The SMILES string of the molecule is COC(=O)C(C)(Cc1ccccc1C(=O)c1ccccc1)C(=O)OC. The van der Waals surface area contributed by atoms with Crippen molar-refractivity contribution in [2.75, 3.05) is 14.2 Å². The third-order valence-corrected chi connectivity index (χ3v) is 4.11. The van der Waals surface area contributed by atoms with Crippen LogP contribution in [0.4, 0.5) is 0 Å². The summed E-state index contributed by atoms with van der Waals surface area (Å²) in [5.74, 6) is -1.59. The number of hydrogen-bond acceptors (Lipinski definition) is 5. The standard InChI is InChI=1S/C20H20O5/c1-20(18(22)24-2,19(23)25-3)13-15-11-7-8-12-16(15)17(21)14-9-5-4-6-10-14/h4-12H,13H2,1-3H3. The first-order valence-electron chi connectivity index (χ1n) is 7.78. The lowest BCUT2D eigenvalue weighted by atomic mass is 9.81. The van der Waals surface area contributed by atoms with E-state index in [-0.39, 0.29) is 12.2 Å². The quantitative estimate of drug-likeness (QED) is 0.459. The highest BCUT2D eigenvalue weighted by Gasteiger charge is 2.44. The van der Waals surface area contributed by atoms with E-state index in [1.54, 1.807) is 48.5 Å². The maximum Gasteiger partial charge on any atom is 0.323 e. The molecule has 0 aliphatic rings. The van der Waals surface area contributed by atoms with E-state index in [1.807, 2.05) is 6.07 Å². The summed E-state index contributed by atoms with van der Waals surface area (Å²) >= 11 is 0. The van der Waals surface area contributed by atoms with Gasteiger partial charge < -0.3 is 9.47 Å². The van der Waals surface area contributed by atoms with Crippen molar-refractivity contribution < 1.29 is 23.9 Å². The molecule has 2 aromatic carbocycles. The predicted octanol–water partition coefficient (Wildman–Crippen LogP) is 2.81. The van der Waals surface area contributed by atoms with Gasteiger partial charge in [0.1, 0.15) is 0 Å². The molecule has 5 nitrogen and oxygen atoms in total. The molecule has 0 radical (unpaired) electrons. The molecule has 2 aromatic rings. The third kappa shape index (κ3) is 3.76. The largest absolute Gasteiger partial charge is 0.468 e. The molecule has 0 bridgehead atoms. The minimum atomic E-state index is -1.53. The van der Waals surface area contributed by atoms with E-state index in [9.17, 15) is 14.4 Å². The first-order valence-corrected chi connectivity index (χ1v) is 7.78. The number of rotatable bonds is 6. The van der Waals surface area contributed by atoms with Crippen molar-refractivity contribution in [3.8, 4) is 0 Å². The second-order valence-corrected chi connectivity index (χ2v) is 5.84. The number of esters is 2. The highest BCUT2D eigenvalue weighted by Crippen LogP contribution is 2.28. The van der Waals surface area contributed by atoms with Crippen LogP contribution in [0.15, 0.2) is 54.6 Å². The number of methoxy groups -OCH3 is 2. The van der Waals surface area contributed by atoms with Crippen LogP contribution in [0.1, 0.15) is 28.4 Å². The molecule has 0 atom stereocenters.